The van der Waals surface area contributed by atoms with Crippen LogP contribution < -0.4 is 5.32 Å². The summed E-state index contributed by atoms with van der Waals surface area (Å²) in [6, 6.07) is 16.0. The number of anilines is 1. The zero-order valence-corrected chi connectivity index (χ0v) is 12.8. The number of hydrogen-bond donors (Lipinski definition) is 2. The third kappa shape index (κ3) is 3.30. The van der Waals surface area contributed by atoms with Gasteiger partial charge in [0.25, 0.3) is 11.6 Å². The maximum Gasteiger partial charge on any atom is 0.336 e. The van der Waals surface area contributed by atoms with E-state index in [4.69, 9.17) is 0 Å². The zero-order valence-electron chi connectivity index (χ0n) is 12.8. The topological polar surface area (TPSA) is 110 Å². The maximum absolute atomic E-state index is 12.4. The summed E-state index contributed by atoms with van der Waals surface area (Å²) >= 11 is 0. The number of carboxylic acid groups (broad SMARTS) is 1. The molecule has 0 aliphatic heterocycles. The number of benzene rings is 3. The van der Waals surface area contributed by atoms with Crippen molar-refractivity contribution in [2.75, 3.05) is 5.32 Å². The van der Waals surface area contributed by atoms with Crippen molar-refractivity contribution in [3.63, 3.8) is 0 Å². The molecule has 0 aliphatic rings. The summed E-state index contributed by atoms with van der Waals surface area (Å²) < 4.78 is 0. The van der Waals surface area contributed by atoms with E-state index in [1.807, 2.05) is 30.3 Å². The predicted octanol–water partition coefficient (Wildman–Crippen LogP) is 3.70. The number of nitrogens with one attached hydrogen (secondary N) is 1. The highest BCUT2D eigenvalue weighted by atomic mass is 16.6. The van der Waals surface area contributed by atoms with Gasteiger partial charge in [-0.3, -0.25) is 14.9 Å². The molecule has 124 valence electrons. The number of nitro benzene ring substituents is 1. The molecule has 0 saturated carbocycles. The summed E-state index contributed by atoms with van der Waals surface area (Å²) in [5.41, 5.74) is -0.461. The quantitative estimate of drug-likeness (QED) is 0.557. The number of carbonyl (C=O) groups is 2. The van der Waals surface area contributed by atoms with E-state index in [-0.39, 0.29) is 11.3 Å². The minimum Gasteiger partial charge on any atom is -0.478 e. The van der Waals surface area contributed by atoms with E-state index in [0.29, 0.717) is 5.69 Å². The fraction of sp³-hybridized carbons (Fsp3) is 0. The Morgan fingerprint density at radius 2 is 1.64 bits per heavy atom. The molecule has 0 bridgehead atoms. The zero-order chi connectivity index (χ0) is 18.0. The van der Waals surface area contributed by atoms with Crippen molar-refractivity contribution >= 4 is 34.0 Å². The Kier molecular flexibility index (Phi) is 4.13. The summed E-state index contributed by atoms with van der Waals surface area (Å²) in [7, 11) is 0. The van der Waals surface area contributed by atoms with Crippen molar-refractivity contribution in [2.24, 2.45) is 0 Å². The van der Waals surface area contributed by atoms with Crippen molar-refractivity contribution in [1.82, 2.24) is 0 Å². The highest BCUT2D eigenvalue weighted by molar-refractivity contribution is 6.11. The Morgan fingerprint density at radius 1 is 0.920 bits per heavy atom. The summed E-state index contributed by atoms with van der Waals surface area (Å²) in [5, 5.41) is 24.6. The van der Waals surface area contributed by atoms with Crippen molar-refractivity contribution in [1.29, 1.82) is 0 Å². The second kappa shape index (κ2) is 6.40. The van der Waals surface area contributed by atoms with Crippen molar-refractivity contribution in [2.45, 2.75) is 0 Å². The third-order valence-corrected chi connectivity index (χ3v) is 3.70. The van der Waals surface area contributed by atoms with Gasteiger partial charge < -0.3 is 10.4 Å². The first-order valence-corrected chi connectivity index (χ1v) is 7.27. The fourth-order valence-electron chi connectivity index (χ4n) is 2.49. The number of amides is 1. The highest BCUT2D eigenvalue weighted by Gasteiger charge is 2.20. The fourth-order valence-corrected chi connectivity index (χ4v) is 2.49. The third-order valence-electron chi connectivity index (χ3n) is 3.70. The molecule has 7 heteroatoms. The van der Waals surface area contributed by atoms with Gasteiger partial charge in [0, 0.05) is 17.8 Å². The summed E-state index contributed by atoms with van der Waals surface area (Å²) in [6.07, 6.45) is 0. The molecule has 2 N–H and O–H groups in total. The summed E-state index contributed by atoms with van der Waals surface area (Å²) in [6.45, 7) is 0. The average Bonchev–Trinajstić information content (AvgIpc) is 2.60. The Hall–Kier alpha value is -3.74. The Morgan fingerprint density at radius 3 is 2.32 bits per heavy atom. The first kappa shape index (κ1) is 16.1. The van der Waals surface area contributed by atoms with Gasteiger partial charge in [-0.1, -0.05) is 30.3 Å². The van der Waals surface area contributed by atoms with Gasteiger partial charge in [-0.25, -0.2) is 4.79 Å². The number of nitrogens with zero attached hydrogens (tertiary/aromatic N) is 1. The van der Waals surface area contributed by atoms with Gasteiger partial charge in [0.2, 0.25) is 0 Å². The molecule has 3 aromatic rings. The van der Waals surface area contributed by atoms with Gasteiger partial charge in [-0.15, -0.1) is 0 Å². The molecule has 3 aromatic carbocycles. The van der Waals surface area contributed by atoms with Crippen LogP contribution in [0.15, 0.2) is 60.7 Å². The molecule has 1 amide bonds. The van der Waals surface area contributed by atoms with Crippen LogP contribution in [0.5, 0.6) is 0 Å². The van der Waals surface area contributed by atoms with E-state index in [2.05, 4.69) is 5.32 Å². The smallest absolute Gasteiger partial charge is 0.336 e. The van der Waals surface area contributed by atoms with Crippen LogP contribution in [0.1, 0.15) is 20.7 Å². The monoisotopic (exact) mass is 336 g/mol. The lowest BCUT2D eigenvalue weighted by molar-refractivity contribution is -0.384. The van der Waals surface area contributed by atoms with Crippen molar-refractivity contribution in [3.8, 4) is 0 Å². The van der Waals surface area contributed by atoms with Gasteiger partial charge in [-0.05, 0) is 29.0 Å². The Bertz CT molecular complexity index is 1010. The number of non-ortho nitro benzene ring substituents is 1. The van der Waals surface area contributed by atoms with Crippen molar-refractivity contribution < 1.29 is 19.6 Å². The van der Waals surface area contributed by atoms with Crippen LogP contribution in [0.2, 0.25) is 0 Å². The molecular formula is C18H12N2O5. The van der Waals surface area contributed by atoms with E-state index < -0.39 is 22.4 Å². The molecule has 0 heterocycles. The molecule has 0 saturated heterocycles. The van der Waals surface area contributed by atoms with Crippen LogP contribution in [0, 0.1) is 10.1 Å². The van der Waals surface area contributed by atoms with E-state index in [0.717, 1.165) is 29.0 Å². The minimum absolute atomic E-state index is 0.147. The molecule has 7 nitrogen and oxygen atoms in total. The van der Waals surface area contributed by atoms with E-state index in [9.17, 15) is 24.8 Å². The van der Waals surface area contributed by atoms with Crippen LogP contribution in [-0.2, 0) is 0 Å². The first-order valence-electron chi connectivity index (χ1n) is 7.27. The average molecular weight is 336 g/mol. The maximum atomic E-state index is 12.4. The molecule has 0 fully saturated rings. The van der Waals surface area contributed by atoms with Crippen molar-refractivity contribution in [3.05, 3.63) is 81.9 Å². The van der Waals surface area contributed by atoms with Crippen LogP contribution in [0.4, 0.5) is 11.4 Å². The van der Waals surface area contributed by atoms with E-state index in [1.54, 1.807) is 12.1 Å². The molecule has 0 radical (unpaired) electrons. The molecule has 0 aliphatic carbocycles. The number of hydrogen-bond acceptors (Lipinski definition) is 4. The van der Waals surface area contributed by atoms with Gasteiger partial charge in [0.1, 0.15) is 0 Å². The number of carbonyl (C=O) groups excluding carboxylic acids is 1. The van der Waals surface area contributed by atoms with Crippen LogP contribution in [-0.4, -0.2) is 21.9 Å². The summed E-state index contributed by atoms with van der Waals surface area (Å²) in [5.74, 6) is -2.06. The Balaban J connectivity index is 1.94. The minimum atomic E-state index is -1.41. The molecule has 0 aromatic heterocycles. The lowest BCUT2D eigenvalue weighted by Gasteiger charge is -2.09. The van der Waals surface area contributed by atoms with E-state index >= 15 is 0 Å². The molecule has 0 atom stereocenters. The standard InChI is InChI=1S/C18H12N2O5/c21-17(15-8-7-14(20(24)25)10-16(15)18(22)23)19-13-6-5-11-3-1-2-4-12(11)9-13/h1-10H,(H,19,21)(H,22,23). The van der Waals surface area contributed by atoms with Gasteiger partial charge in [-0.2, -0.15) is 0 Å². The molecular weight excluding hydrogens is 324 g/mol. The SMILES string of the molecule is O=C(O)c1cc([N+](=O)[O-])ccc1C(=O)Nc1ccc2ccccc2c1. The molecule has 0 spiro atoms. The van der Waals surface area contributed by atoms with Gasteiger partial charge in [0.05, 0.1) is 16.1 Å². The van der Waals surface area contributed by atoms with Crippen LogP contribution in [0.25, 0.3) is 10.8 Å². The first-order chi connectivity index (χ1) is 12.0. The normalized spacial score (nSPS) is 10.4. The molecule has 3 rings (SSSR count). The Labute approximate surface area is 141 Å². The lowest BCUT2D eigenvalue weighted by atomic mass is 10.1. The second-order valence-electron chi connectivity index (χ2n) is 5.31. The number of carboxylic acids is 1. The highest BCUT2D eigenvalue weighted by Crippen LogP contribution is 2.22. The second-order valence-corrected chi connectivity index (χ2v) is 5.31. The number of nitro groups is 1. The van der Waals surface area contributed by atoms with Crippen LogP contribution in [0.3, 0.4) is 0 Å². The van der Waals surface area contributed by atoms with E-state index in [1.165, 1.54) is 0 Å². The lowest BCUT2D eigenvalue weighted by Crippen LogP contribution is -2.16. The number of fused-ring (bicyclic) bond motifs is 1. The number of rotatable bonds is 4. The molecule has 0 unspecified atom stereocenters. The predicted molar refractivity (Wildman–Crippen MR) is 92.0 cm³/mol. The van der Waals surface area contributed by atoms with Gasteiger partial charge in [0.15, 0.2) is 0 Å². The largest absolute Gasteiger partial charge is 0.478 e. The molecule has 25 heavy (non-hydrogen) atoms. The van der Waals surface area contributed by atoms with Crippen LogP contribution >= 0.6 is 0 Å². The van der Waals surface area contributed by atoms with Gasteiger partial charge >= 0.3 is 5.97 Å². The number of aromatic carboxylic acids is 1. The summed E-state index contributed by atoms with van der Waals surface area (Å²) in [4.78, 5) is 33.8.